The summed E-state index contributed by atoms with van der Waals surface area (Å²) in [7, 11) is 0. The minimum absolute atomic E-state index is 0.0885. The number of thioether (sulfide) groups is 1. The normalized spacial score (nSPS) is 22.2. The summed E-state index contributed by atoms with van der Waals surface area (Å²) in [6.45, 7) is 6.54. The van der Waals surface area contributed by atoms with Gasteiger partial charge in [0, 0.05) is 49.4 Å². The molecule has 0 radical (unpaired) electrons. The Morgan fingerprint density at radius 3 is 2.63 bits per heavy atom. The van der Waals surface area contributed by atoms with E-state index in [1.165, 1.54) is 4.90 Å². The van der Waals surface area contributed by atoms with Crippen LogP contribution in [-0.2, 0) is 9.59 Å². The Bertz CT molecular complexity index is 701. The van der Waals surface area contributed by atoms with Crippen molar-refractivity contribution in [1.29, 1.82) is 0 Å². The molecule has 2 amide bonds. The van der Waals surface area contributed by atoms with E-state index >= 15 is 0 Å². The van der Waals surface area contributed by atoms with E-state index in [2.05, 4.69) is 21.2 Å². The summed E-state index contributed by atoms with van der Waals surface area (Å²) >= 11 is 1.82. The van der Waals surface area contributed by atoms with Crippen LogP contribution < -0.4 is 10.2 Å². The number of piperazine rings is 1. The largest absolute Gasteiger partial charge is 0.352 e. The van der Waals surface area contributed by atoms with Crippen LogP contribution >= 0.6 is 11.8 Å². The number of benzene rings is 1. The van der Waals surface area contributed by atoms with Crippen molar-refractivity contribution >= 4 is 29.3 Å². The van der Waals surface area contributed by atoms with Crippen molar-refractivity contribution in [1.82, 2.24) is 15.1 Å². The zero-order valence-corrected chi connectivity index (χ0v) is 16.7. The lowest BCUT2D eigenvalue weighted by atomic mass is 10.2. The second-order valence-electron chi connectivity index (χ2n) is 7.63. The van der Waals surface area contributed by atoms with Gasteiger partial charge in [0.2, 0.25) is 11.8 Å². The third kappa shape index (κ3) is 4.47. The predicted octanol–water partition coefficient (Wildman–Crippen LogP) is 1.41. The summed E-state index contributed by atoms with van der Waals surface area (Å²) < 4.78 is 0. The molecule has 1 aromatic rings. The van der Waals surface area contributed by atoms with Gasteiger partial charge in [-0.25, -0.2) is 0 Å². The van der Waals surface area contributed by atoms with Crippen molar-refractivity contribution in [2.24, 2.45) is 0 Å². The molecule has 4 rings (SSSR count). The monoisotopic (exact) mass is 388 g/mol. The number of fused-ring (bicyclic) bond motifs is 1. The van der Waals surface area contributed by atoms with Crippen molar-refractivity contribution in [3.05, 3.63) is 24.3 Å². The molecule has 1 unspecified atom stereocenters. The number of carbonyl (C=O) groups excluding carboxylic acids is 2. The maximum absolute atomic E-state index is 12.9. The maximum Gasteiger partial charge on any atom is 0.241 e. The zero-order valence-electron chi connectivity index (χ0n) is 15.9. The molecule has 0 spiro atoms. The van der Waals surface area contributed by atoms with Crippen LogP contribution in [-0.4, -0.2) is 78.7 Å². The Hall–Kier alpha value is -1.57. The van der Waals surface area contributed by atoms with Gasteiger partial charge in [0.05, 0.1) is 18.3 Å². The van der Waals surface area contributed by atoms with E-state index in [1.807, 2.05) is 41.8 Å². The number of para-hydroxylation sites is 1. The molecule has 1 aliphatic carbocycles. The summed E-state index contributed by atoms with van der Waals surface area (Å²) in [5.74, 6) is 1.27. The van der Waals surface area contributed by atoms with Crippen LogP contribution in [0.2, 0.25) is 0 Å². The van der Waals surface area contributed by atoms with Crippen molar-refractivity contribution in [3.63, 3.8) is 0 Å². The van der Waals surface area contributed by atoms with E-state index in [0.29, 0.717) is 12.6 Å². The number of hydrogen-bond acceptors (Lipinski definition) is 5. The Kier molecular flexibility index (Phi) is 5.71. The van der Waals surface area contributed by atoms with Gasteiger partial charge in [-0.2, -0.15) is 0 Å². The van der Waals surface area contributed by atoms with Crippen LogP contribution in [0.5, 0.6) is 0 Å². The van der Waals surface area contributed by atoms with E-state index in [-0.39, 0.29) is 17.9 Å². The minimum atomic E-state index is -0.0885. The molecule has 3 aliphatic rings. The van der Waals surface area contributed by atoms with Crippen molar-refractivity contribution in [3.8, 4) is 0 Å². The molecular formula is C20H28N4O2S. The highest BCUT2D eigenvalue weighted by Gasteiger charge is 2.31. The lowest BCUT2D eigenvalue weighted by Crippen LogP contribution is -2.55. The number of rotatable bonds is 5. The number of hydrogen-bond donors (Lipinski definition) is 1. The molecular weight excluding hydrogens is 360 g/mol. The fourth-order valence-corrected chi connectivity index (χ4v) is 4.72. The molecule has 1 saturated carbocycles. The van der Waals surface area contributed by atoms with E-state index < -0.39 is 0 Å². The summed E-state index contributed by atoms with van der Waals surface area (Å²) in [4.78, 5) is 32.7. The Morgan fingerprint density at radius 2 is 1.89 bits per heavy atom. The van der Waals surface area contributed by atoms with Crippen LogP contribution in [0.1, 0.15) is 19.8 Å². The topological polar surface area (TPSA) is 55.9 Å². The Balaban J connectivity index is 1.28. The first kappa shape index (κ1) is 18.8. The van der Waals surface area contributed by atoms with Crippen LogP contribution in [0, 0.1) is 0 Å². The number of amides is 2. The van der Waals surface area contributed by atoms with Gasteiger partial charge in [-0.3, -0.25) is 19.4 Å². The van der Waals surface area contributed by atoms with Crippen molar-refractivity contribution < 1.29 is 9.59 Å². The second kappa shape index (κ2) is 8.20. The number of carbonyl (C=O) groups is 2. The quantitative estimate of drug-likeness (QED) is 0.827. The molecule has 27 heavy (non-hydrogen) atoms. The molecule has 7 heteroatoms. The molecule has 1 N–H and O–H groups in total. The second-order valence-corrected chi connectivity index (χ2v) is 8.77. The van der Waals surface area contributed by atoms with Crippen LogP contribution in [0.15, 0.2) is 29.2 Å². The smallest absolute Gasteiger partial charge is 0.241 e. The van der Waals surface area contributed by atoms with Gasteiger partial charge in [0.1, 0.15) is 0 Å². The first-order valence-electron chi connectivity index (χ1n) is 9.91. The van der Waals surface area contributed by atoms with E-state index in [0.717, 1.165) is 57.0 Å². The molecule has 2 aliphatic heterocycles. The molecule has 1 aromatic carbocycles. The predicted molar refractivity (Wildman–Crippen MR) is 108 cm³/mol. The van der Waals surface area contributed by atoms with Gasteiger partial charge in [0.15, 0.2) is 0 Å². The van der Waals surface area contributed by atoms with Gasteiger partial charge in [-0.15, -0.1) is 11.8 Å². The maximum atomic E-state index is 12.9. The minimum Gasteiger partial charge on any atom is -0.352 e. The molecule has 6 nitrogen and oxygen atoms in total. The van der Waals surface area contributed by atoms with Crippen molar-refractivity contribution in [2.45, 2.75) is 36.7 Å². The summed E-state index contributed by atoms with van der Waals surface area (Å²) in [6.07, 6.45) is 2.24. The average molecular weight is 389 g/mol. The molecule has 0 bridgehead atoms. The third-order valence-corrected chi connectivity index (χ3v) is 6.69. The number of nitrogens with one attached hydrogen (secondary N) is 1. The average Bonchev–Trinajstić information content (AvgIpc) is 3.51. The summed E-state index contributed by atoms with van der Waals surface area (Å²) in [5.41, 5.74) is 1.04. The summed E-state index contributed by atoms with van der Waals surface area (Å²) in [6, 6.07) is 8.47. The van der Waals surface area contributed by atoms with Gasteiger partial charge in [0.25, 0.3) is 0 Å². The summed E-state index contributed by atoms with van der Waals surface area (Å²) in [5, 5.41) is 3.09. The first-order valence-corrected chi connectivity index (χ1v) is 10.9. The van der Waals surface area contributed by atoms with Crippen LogP contribution in [0.3, 0.4) is 0 Å². The standard InChI is InChI=1S/C20H28N4O2S/c1-15(20(26)21-16-6-7-16)23-10-8-22(9-11-23)14-19(25)24-12-13-27-18-5-3-2-4-17(18)24/h2-5,15-16H,6-14H2,1H3,(H,21,26). The van der Waals surface area contributed by atoms with E-state index in [1.54, 1.807) is 0 Å². The van der Waals surface area contributed by atoms with Gasteiger partial charge >= 0.3 is 0 Å². The molecule has 1 atom stereocenters. The lowest BCUT2D eigenvalue weighted by Gasteiger charge is -2.38. The number of anilines is 1. The molecule has 146 valence electrons. The fraction of sp³-hybridized carbons (Fsp3) is 0.600. The Labute approximate surface area is 165 Å². The SMILES string of the molecule is CC(C(=O)NC1CC1)N1CCN(CC(=O)N2CCSc3ccccc32)CC1. The van der Waals surface area contributed by atoms with Gasteiger partial charge in [-0.05, 0) is 31.9 Å². The lowest BCUT2D eigenvalue weighted by molar-refractivity contribution is -0.127. The Morgan fingerprint density at radius 1 is 1.15 bits per heavy atom. The first-order chi connectivity index (χ1) is 13.1. The molecule has 2 fully saturated rings. The number of nitrogens with zero attached hydrogens (tertiary/aromatic N) is 3. The highest BCUT2D eigenvalue weighted by molar-refractivity contribution is 7.99. The fourth-order valence-electron chi connectivity index (χ4n) is 3.73. The van der Waals surface area contributed by atoms with Crippen LogP contribution in [0.4, 0.5) is 5.69 Å². The molecule has 2 heterocycles. The molecule has 0 aromatic heterocycles. The van der Waals surface area contributed by atoms with Gasteiger partial charge < -0.3 is 10.2 Å². The highest BCUT2D eigenvalue weighted by atomic mass is 32.2. The zero-order chi connectivity index (χ0) is 18.8. The van der Waals surface area contributed by atoms with E-state index in [4.69, 9.17) is 0 Å². The third-order valence-electron chi connectivity index (χ3n) is 5.65. The highest BCUT2D eigenvalue weighted by Crippen LogP contribution is 2.34. The van der Waals surface area contributed by atoms with Crippen LogP contribution in [0.25, 0.3) is 0 Å². The van der Waals surface area contributed by atoms with E-state index in [9.17, 15) is 9.59 Å². The molecule has 1 saturated heterocycles. The van der Waals surface area contributed by atoms with Gasteiger partial charge in [-0.1, -0.05) is 12.1 Å². The van der Waals surface area contributed by atoms with Crippen molar-refractivity contribution in [2.75, 3.05) is 49.9 Å².